The van der Waals surface area contributed by atoms with E-state index >= 15 is 0 Å². The van der Waals surface area contributed by atoms with Crippen molar-refractivity contribution in [3.05, 3.63) is 45.8 Å². The van der Waals surface area contributed by atoms with Crippen LogP contribution in [0.5, 0.6) is 0 Å². The van der Waals surface area contributed by atoms with Crippen LogP contribution in [-0.4, -0.2) is 40.2 Å². The minimum absolute atomic E-state index is 0.155. The molecule has 0 saturated carbocycles. The Hall–Kier alpha value is -2.03. The second-order valence-electron chi connectivity index (χ2n) is 6.83. The molecule has 1 aliphatic heterocycles. The molecule has 1 atom stereocenters. The van der Waals surface area contributed by atoms with Gasteiger partial charge in [-0.15, -0.1) is 22.7 Å². The Balaban J connectivity index is 1.30. The average Bonchev–Trinajstić information content (AvgIpc) is 3.48. The summed E-state index contributed by atoms with van der Waals surface area (Å²) in [6.45, 7) is 2.12. The van der Waals surface area contributed by atoms with Crippen LogP contribution in [0.2, 0.25) is 0 Å². The molecule has 0 N–H and O–H groups in total. The van der Waals surface area contributed by atoms with Gasteiger partial charge in [-0.3, -0.25) is 4.79 Å². The highest BCUT2D eigenvalue weighted by Gasteiger charge is 2.23. The number of rotatable bonds is 9. The molecule has 4 heterocycles. The van der Waals surface area contributed by atoms with Crippen molar-refractivity contribution in [1.82, 2.24) is 15.0 Å². The average molecular weight is 418 g/mol. The number of carbonyl (C=O) groups excluding carboxylic acids is 1. The van der Waals surface area contributed by atoms with Gasteiger partial charge in [0, 0.05) is 30.9 Å². The molecule has 6 nitrogen and oxygen atoms in total. The Kier molecular flexibility index (Phi) is 6.51. The van der Waals surface area contributed by atoms with Crippen LogP contribution in [0.1, 0.15) is 36.5 Å². The van der Waals surface area contributed by atoms with Crippen molar-refractivity contribution in [3.8, 4) is 10.7 Å². The first-order chi connectivity index (χ1) is 13.8. The lowest BCUT2D eigenvalue weighted by Gasteiger charge is -2.25. The molecule has 0 spiro atoms. The smallest absolute Gasteiger partial charge is 0.226 e. The van der Waals surface area contributed by atoms with Crippen LogP contribution in [-0.2, 0) is 22.5 Å². The van der Waals surface area contributed by atoms with Crippen LogP contribution in [0.3, 0.4) is 0 Å². The number of hydrogen-bond acceptors (Lipinski definition) is 7. The van der Waals surface area contributed by atoms with Gasteiger partial charge >= 0.3 is 0 Å². The number of aromatic nitrogens is 2. The monoisotopic (exact) mass is 417 g/mol. The van der Waals surface area contributed by atoms with Crippen molar-refractivity contribution in [2.75, 3.05) is 13.2 Å². The van der Waals surface area contributed by atoms with Crippen LogP contribution in [0.4, 0.5) is 0 Å². The summed E-state index contributed by atoms with van der Waals surface area (Å²) >= 11 is 3.26. The molecule has 3 aromatic heterocycles. The van der Waals surface area contributed by atoms with Crippen LogP contribution in [0, 0.1) is 0 Å². The summed E-state index contributed by atoms with van der Waals surface area (Å²) < 4.78 is 11.1. The molecule has 1 amide bonds. The first kappa shape index (κ1) is 19.3. The third kappa shape index (κ3) is 5.06. The maximum Gasteiger partial charge on any atom is 0.226 e. The molecule has 8 heteroatoms. The van der Waals surface area contributed by atoms with Gasteiger partial charge in [-0.25, -0.2) is 0 Å². The van der Waals surface area contributed by atoms with Crippen molar-refractivity contribution in [3.63, 3.8) is 0 Å². The van der Waals surface area contributed by atoms with E-state index in [1.807, 2.05) is 33.9 Å². The van der Waals surface area contributed by atoms with Gasteiger partial charge in [-0.1, -0.05) is 17.3 Å². The molecule has 0 radical (unpaired) electrons. The SMILES string of the molecule is O=C(CCCc1nc(-c2cccs2)no1)N(Cc1cccs1)CC1CCCO1. The number of aryl methyl sites for hydroxylation is 1. The van der Waals surface area contributed by atoms with Gasteiger partial charge in [-0.2, -0.15) is 4.98 Å². The number of ether oxygens (including phenoxy) is 1. The lowest BCUT2D eigenvalue weighted by atomic mass is 10.2. The Bertz CT molecular complexity index is 855. The molecule has 0 aromatic carbocycles. The number of thiophene rings is 2. The highest BCUT2D eigenvalue weighted by Crippen LogP contribution is 2.22. The quantitative estimate of drug-likeness (QED) is 0.516. The van der Waals surface area contributed by atoms with Gasteiger partial charge in [0.1, 0.15) is 0 Å². The fraction of sp³-hybridized carbons (Fsp3) is 0.450. The van der Waals surface area contributed by atoms with Crippen LogP contribution >= 0.6 is 22.7 Å². The van der Waals surface area contributed by atoms with Crippen molar-refractivity contribution in [2.45, 2.75) is 44.8 Å². The molecule has 1 unspecified atom stereocenters. The molecular formula is C20H23N3O3S2. The molecule has 28 heavy (non-hydrogen) atoms. The number of amides is 1. The number of carbonyl (C=O) groups is 1. The molecule has 0 aliphatic carbocycles. The lowest BCUT2D eigenvalue weighted by molar-refractivity contribution is -0.133. The first-order valence-electron chi connectivity index (χ1n) is 9.56. The lowest BCUT2D eigenvalue weighted by Crippen LogP contribution is -2.36. The predicted octanol–water partition coefficient (Wildman–Crippen LogP) is 4.39. The van der Waals surface area contributed by atoms with Crippen molar-refractivity contribution >= 4 is 28.6 Å². The molecule has 0 bridgehead atoms. The van der Waals surface area contributed by atoms with Crippen LogP contribution in [0.15, 0.2) is 39.5 Å². The van der Waals surface area contributed by atoms with E-state index in [1.54, 1.807) is 22.7 Å². The van der Waals surface area contributed by atoms with E-state index in [9.17, 15) is 4.79 Å². The second-order valence-corrected chi connectivity index (χ2v) is 8.81. The maximum absolute atomic E-state index is 12.8. The topological polar surface area (TPSA) is 68.5 Å². The largest absolute Gasteiger partial charge is 0.376 e. The van der Waals surface area contributed by atoms with Gasteiger partial charge in [-0.05, 0) is 42.2 Å². The zero-order chi connectivity index (χ0) is 19.2. The van der Waals surface area contributed by atoms with E-state index in [4.69, 9.17) is 9.26 Å². The van der Waals surface area contributed by atoms with Crippen molar-refractivity contribution in [2.24, 2.45) is 0 Å². The summed E-state index contributed by atoms with van der Waals surface area (Å²) in [6, 6.07) is 8.03. The van der Waals surface area contributed by atoms with Crippen molar-refractivity contribution in [1.29, 1.82) is 0 Å². The van der Waals surface area contributed by atoms with E-state index in [0.717, 1.165) is 24.3 Å². The molecule has 1 fully saturated rings. The molecule has 4 rings (SSSR count). The molecule has 1 aliphatic rings. The van der Waals surface area contributed by atoms with Gasteiger partial charge < -0.3 is 14.2 Å². The maximum atomic E-state index is 12.8. The van der Waals surface area contributed by atoms with Gasteiger partial charge in [0.2, 0.25) is 17.6 Å². The predicted molar refractivity (Wildman–Crippen MR) is 109 cm³/mol. The fourth-order valence-corrected chi connectivity index (χ4v) is 4.66. The zero-order valence-electron chi connectivity index (χ0n) is 15.6. The minimum Gasteiger partial charge on any atom is -0.376 e. The number of hydrogen-bond donors (Lipinski definition) is 0. The Morgan fingerprint density at radius 3 is 2.89 bits per heavy atom. The Morgan fingerprint density at radius 1 is 1.25 bits per heavy atom. The summed E-state index contributed by atoms with van der Waals surface area (Å²) in [7, 11) is 0. The molecule has 3 aromatic rings. The van der Waals surface area contributed by atoms with Gasteiger partial charge in [0.25, 0.3) is 0 Å². The van der Waals surface area contributed by atoms with E-state index in [2.05, 4.69) is 16.2 Å². The Labute approximate surface area is 172 Å². The van der Waals surface area contributed by atoms with Gasteiger partial charge in [0.15, 0.2) is 0 Å². The zero-order valence-corrected chi connectivity index (χ0v) is 17.2. The first-order valence-corrected chi connectivity index (χ1v) is 11.3. The van der Waals surface area contributed by atoms with Crippen LogP contribution in [0.25, 0.3) is 10.7 Å². The normalized spacial score (nSPS) is 16.5. The highest BCUT2D eigenvalue weighted by atomic mass is 32.1. The van der Waals surface area contributed by atoms with Gasteiger partial charge in [0.05, 0.1) is 17.5 Å². The van der Waals surface area contributed by atoms with E-state index in [-0.39, 0.29) is 12.0 Å². The van der Waals surface area contributed by atoms with Crippen LogP contribution < -0.4 is 0 Å². The van der Waals surface area contributed by atoms with E-state index in [1.165, 1.54) is 4.88 Å². The second kappa shape index (κ2) is 9.45. The minimum atomic E-state index is 0.155. The summed E-state index contributed by atoms with van der Waals surface area (Å²) in [5.41, 5.74) is 0. The molecule has 1 saturated heterocycles. The summed E-state index contributed by atoms with van der Waals surface area (Å²) in [5, 5.41) is 8.06. The summed E-state index contributed by atoms with van der Waals surface area (Å²) in [6.07, 6.45) is 4.04. The summed E-state index contributed by atoms with van der Waals surface area (Å²) in [4.78, 5) is 21.4. The third-order valence-corrected chi connectivity index (χ3v) is 6.45. The van der Waals surface area contributed by atoms with E-state index < -0.39 is 0 Å². The highest BCUT2D eigenvalue weighted by molar-refractivity contribution is 7.13. The summed E-state index contributed by atoms with van der Waals surface area (Å²) in [5.74, 6) is 1.36. The fourth-order valence-electron chi connectivity index (χ4n) is 3.29. The van der Waals surface area contributed by atoms with E-state index in [0.29, 0.717) is 44.1 Å². The number of nitrogens with zero attached hydrogens (tertiary/aromatic N) is 3. The Morgan fingerprint density at radius 2 is 2.14 bits per heavy atom. The van der Waals surface area contributed by atoms with Crippen molar-refractivity contribution < 1.29 is 14.1 Å². The molecule has 148 valence electrons. The third-order valence-electron chi connectivity index (χ3n) is 4.72. The molecular weight excluding hydrogens is 394 g/mol. The standard InChI is InChI=1S/C20H23N3O3S2/c24-19(9-1-8-18-21-20(22-26-18)17-7-4-12-28-17)23(13-15-5-2-10-25-15)14-16-6-3-11-27-16/h3-4,6-7,11-12,15H,1-2,5,8-10,13-14H2.